The summed E-state index contributed by atoms with van der Waals surface area (Å²) in [6, 6.07) is 14.2. The second-order valence-corrected chi connectivity index (χ2v) is 6.91. The number of benzene rings is 2. The molecule has 1 fully saturated rings. The maximum Gasteiger partial charge on any atom is 0.227 e. The van der Waals surface area contributed by atoms with Crippen LogP contribution in [0.15, 0.2) is 42.5 Å². The van der Waals surface area contributed by atoms with Gasteiger partial charge in [0.2, 0.25) is 5.91 Å². The molecule has 1 aliphatic rings. The number of aromatic nitrogens is 4. The summed E-state index contributed by atoms with van der Waals surface area (Å²) in [4.78, 5) is 14.8. The molecule has 0 bridgehead atoms. The summed E-state index contributed by atoms with van der Waals surface area (Å²) in [7, 11) is 0. The van der Waals surface area contributed by atoms with Gasteiger partial charge in [-0.15, -0.1) is 10.2 Å². The number of aromatic amines is 1. The molecule has 4 rings (SSSR count). The first kappa shape index (κ1) is 15.1. The number of nitrogens with one attached hydrogen (secondary N) is 1. The van der Waals surface area contributed by atoms with E-state index in [2.05, 4.69) is 38.8 Å². The lowest BCUT2D eigenvalue weighted by Gasteiger charge is -2.33. The third-order valence-electron chi connectivity index (χ3n) is 4.33. The maximum absolute atomic E-state index is 12.9. The first-order chi connectivity index (χ1) is 11.8. The van der Waals surface area contributed by atoms with E-state index in [9.17, 15) is 4.79 Å². The fraction of sp³-hybridized carbons (Fsp3) is 0.294. The van der Waals surface area contributed by atoms with Crippen LogP contribution in [0.2, 0.25) is 0 Å². The number of tetrazole rings is 1. The van der Waals surface area contributed by atoms with Crippen molar-refractivity contribution in [2.75, 3.05) is 18.1 Å². The van der Waals surface area contributed by atoms with Gasteiger partial charge in [-0.25, -0.2) is 0 Å². The summed E-state index contributed by atoms with van der Waals surface area (Å²) in [6.07, 6.45) is 0.389. The SMILES string of the molecule is O=C(Cc1cccc2ccccc12)N1CCSCC1c1nn[nH]n1. The zero-order valence-corrected chi connectivity index (χ0v) is 13.9. The number of rotatable bonds is 3. The number of carbonyl (C=O) groups is 1. The average molecular weight is 339 g/mol. The predicted molar refractivity (Wildman–Crippen MR) is 93.6 cm³/mol. The molecule has 6 nitrogen and oxygen atoms in total. The molecule has 1 N–H and O–H groups in total. The lowest BCUT2D eigenvalue weighted by Crippen LogP contribution is -2.42. The fourth-order valence-corrected chi connectivity index (χ4v) is 4.18. The van der Waals surface area contributed by atoms with Crippen LogP contribution in [0.25, 0.3) is 10.8 Å². The van der Waals surface area contributed by atoms with Gasteiger partial charge in [-0.1, -0.05) is 47.7 Å². The Morgan fingerprint density at radius 3 is 3.00 bits per heavy atom. The molecule has 3 aromatic rings. The Kier molecular flexibility index (Phi) is 4.17. The highest BCUT2D eigenvalue weighted by atomic mass is 32.2. The van der Waals surface area contributed by atoms with Crippen molar-refractivity contribution in [3.63, 3.8) is 0 Å². The number of hydrogen-bond donors (Lipinski definition) is 1. The van der Waals surface area contributed by atoms with Crippen LogP contribution >= 0.6 is 11.8 Å². The van der Waals surface area contributed by atoms with Gasteiger partial charge in [0.1, 0.15) is 6.04 Å². The molecule has 7 heteroatoms. The van der Waals surface area contributed by atoms with Crippen LogP contribution in [-0.2, 0) is 11.2 Å². The van der Waals surface area contributed by atoms with Gasteiger partial charge in [-0.3, -0.25) is 4.79 Å². The summed E-state index contributed by atoms with van der Waals surface area (Å²) >= 11 is 1.82. The Bertz CT molecular complexity index is 846. The minimum absolute atomic E-state index is 0.107. The van der Waals surface area contributed by atoms with Gasteiger partial charge in [0.15, 0.2) is 5.82 Å². The van der Waals surface area contributed by atoms with Gasteiger partial charge in [0.05, 0.1) is 6.42 Å². The van der Waals surface area contributed by atoms with Gasteiger partial charge in [0, 0.05) is 18.1 Å². The molecule has 0 saturated carbocycles. The summed E-state index contributed by atoms with van der Waals surface area (Å²) in [5, 5.41) is 16.6. The summed E-state index contributed by atoms with van der Waals surface area (Å²) < 4.78 is 0. The molecule has 0 spiro atoms. The van der Waals surface area contributed by atoms with E-state index >= 15 is 0 Å². The molecule has 1 unspecified atom stereocenters. The molecule has 0 radical (unpaired) electrons. The van der Waals surface area contributed by atoms with Crippen LogP contribution in [0.3, 0.4) is 0 Å². The topological polar surface area (TPSA) is 74.8 Å². The van der Waals surface area contributed by atoms with E-state index in [0.717, 1.165) is 27.8 Å². The Morgan fingerprint density at radius 1 is 1.25 bits per heavy atom. The molecule has 2 heterocycles. The average Bonchev–Trinajstić information content (AvgIpc) is 3.16. The van der Waals surface area contributed by atoms with E-state index < -0.39 is 0 Å². The molecule has 1 atom stereocenters. The lowest BCUT2D eigenvalue weighted by molar-refractivity contribution is -0.132. The molecule has 0 aliphatic carbocycles. The molecule has 1 aromatic heterocycles. The number of hydrogen-bond acceptors (Lipinski definition) is 5. The fourth-order valence-electron chi connectivity index (χ4n) is 3.14. The van der Waals surface area contributed by atoms with E-state index in [-0.39, 0.29) is 11.9 Å². The number of nitrogens with zero attached hydrogens (tertiary/aromatic N) is 4. The van der Waals surface area contributed by atoms with Crippen molar-refractivity contribution >= 4 is 28.4 Å². The van der Waals surface area contributed by atoms with Crippen LogP contribution in [0.4, 0.5) is 0 Å². The molecule has 1 aliphatic heterocycles. The van der Waals surface area contributed by atoms with Gasteiger partial charge in [0.25, 0.3) is 0 Å². The monoisotopic (exact) mass is 339 g/mol. The minimum Gasteiger partial charge on any atom is -0.330 e. The van der Waals surface area contributed by atoms with Crippen molar-refractivity contribution in [2.45, 2.75) is 12.5 Å². The number of amides is 1. The van der Waals surface area contributed by atoms with Crippen LogP contribution in [0, 0.1) is 0 Å². The molecule has 122 valence electrons. The standard InChI is InChI=1S/C17H17N5OS/c23-16(10-13-6-3-5-12-4-1-2-7-14(12)13)22-8-9-24-11-15(22)17-18-20-21-19-17/h1-7,15H,8-11H2,(H,18,19,20,21). The van der Waals surface area contributed by atoms with Crippen molar-refractivity contribution in [2.24, 2.45) is 0 Å². The third-order valence-corrected chi connectivity index (χ3v) is 5.35. The normalized spacial score (nSPS) is 18.0. The maximum atomic E-state index is 12.9. The minimum atomic E-state index is -0.107. The van der Waals surface area contributed by atoms with Crippen LogP contribution < -0.4 is 0 Å². The smallest absolute Gasteiger partial charge is 0.227 e. The number of carbonyl (C=O) groups excluding carboxylic acids is 1. The molecular weight excluding hydrogens is 322 g/mol. The quantitative estimate of drug-likeness (QED) is 0.792. The highest BCUT2D eigenvalue weighted by Gasteiger charge is 2.31. The van der Waals surface area contributed by atoms with E-state index in [1.54, 1.807) is 0 Å². The molecule has 1 saturated heterocycles. The van der Waals surface area contributed by atoms with E-state index in [4.69, 9.17) is 0 Å². The molecule has 1 amide bonds. The van der Waals surface area contributed by atoms with Crippen molar-refractivity contribution in [3.8, 4) is 0 Å². The van der Waals surface area contributed by atoms with Crippen molar-refractivity contribution in [3.05, 3.63) is 53.9 Å². The predicted octanol–water partition coefficient (Wildman–Crippen LogP) is 2.21. The number of H-pyrrole nitrogens is 1. The zero-order valence-electron chi connectivity index (χ0n) is 13.1. The lowest BCUT2D eigenvalue weighted by atomic mass is 10.0. The second kappa shape index (κ2) is 6.60. The van der Waals surface area contributed by atoms with Crippen molar-refractivity contribution in [1.82, 2.24) is 25.5 Å². The van der Waals surface area contributed by atoms with Crippen molar-refractivity contribution < 1.29 is 4.79 Å². The summed E-state index contributed by atoms with van der Waals surface area (Å²) in [5.41, 5.74) is 1.06. The van der Waals surface area contributed by atoms with E-state index in [0.29, 0.717) is 18.8 Å². The first-order valence-electron chi connectivity index (χ1n) is 7.90. The van der Waals surface area contributed by atoms with Gasteiger partial charge in [-0.2, -0.15) is 17.0 Å². The Hall–Kier alpha value is -2.41. The summed E-state index contributed by atoms with van der Waals surface area (Å²) in [5.74, 6) is 2.45. The Balaban J connectivity index is 1.60. The van der Waals surface area contributed by atoms with E-state index in [1.165, 1.54) is 0 Å². The van der Waals surface area contributed by atoms with E-state index in [1.807, 2.05) is 40.9 Å². The van der Waals surface area contributed by atoms with Crippen molar-refractivity contribution in [1.29, 1.82) is 0 Å². The summed E-state index contributed by atoms with van der Waals surface area (Å²) in [6.45, 7) is 0.716. The Labute approximate surface area is 143 Å². The first-order valence-corrected chi connectivity index (χ1v) is 9.05. The van der Waals surface area contributed by atoms with Crippen LogP contribution in [-0.4, -0.2) is 49.5 Å². The Morgan fingerprint density at radius 2 is 2.12 bits per heavy atom. The zero-order chi connectivity index (χ0) is 16.4. The number of fused-ring (bicyclic) bond motifs is 1. The highest BCUT2D eigenvalue weighted by Crippen LogP contribution is 2.28. The van der Waals surface area contributed by atoms with Gasteiger partial charge in [-0.05, 0) is 16.3 Å². The second-order valence-electron chi connectivity index (χ2n) is 5.76. The highest BCUT2D eigenvalue weighted by molar-refractivity contribution is 7.99. The van der Waals surface area contributed by atoms with Gasteiger partial charge >= 0.3 is 0 Å². The largest absolute Gasteiger partial charge is 0.330 e. The number of thioether (sulfide) groups is 1. The molecular formula is C17H17N5OS. The molecule has 24 heavy (non-hydrogen) atoms. The third kappa shape index (κ3) is 2.87. The van der Waals surface area contributed by atoms with Gasteiger partial charge < -0.3 is 4.90 Å². The molecule has 2 aromatic carbocycles. The van der Waals surface area contributed by atoms with Crippen LogP contribution in [0.1, 0.15) is 17.4 Å². The van der Waals surface area contributed by atoms with Crippen LogP contribution in [0.5, 0.6) is 0 Å².